The van der Waals surface area contributed by atoms with Crippen molar-refractivity contribution >= 4 is 29.9 Å². The van der Waals surface area contributed by atoms with Gasteiger partial charge in [-0.2, -0.15) is 0 Å². The summed E-state index contributed by atoms with van der Waals surface area (Å²) >= 11 is 5.31. The molecule has 6 heteroatoms. The lowest BCUT2D eigenvalue weighted by atomic mass is 10.1. The lowest BCUT2D eigenvalue weighted by molar-refractivity contribution is 0.0697. The average molecular weight is 255 g/mol. The number of benzene rings is 1. The van der Waals surface area contributed by atoms with Gasteiger partial charge in [0.1, 0.15) is 15.9 Å². The number of aromatic nitrogens is 1. The maximum atomic E-state index is 12.9. The summed E-state index contributed by atoms with van der Waals surface area (Å²) < 4.78 is 12.9. The van der Waals surface area contributed by atoms with E-state index in [2.05, 4.69) is 17.6 Å². The third-order valence-corrected chi connectivity index (χ3v) is 3.21. The van der Waals surface area contributed by atoms with Crippen LogP contribution in [0.25, 0.3) is 10.6 Å². The molecular weight excluding hydrogens is 249 g/mol. The van der Waals surface area contributed by atoms with Gasteiger partial charge in [0.2, 0.25) is 0 Å². The van der Waals surface area contributed by atoms with Crippen LogP contribution in [-0.2, 0) is 0 Å². The molecule has 1 aromatic carbocycles. The van der Waals surface area contributed by atoms with Crippen LogP contribution in [0.15, 0.2) is 28.6 Å². The number of carboxylic acid groups (broad SMARTS) is 1. The molecule has 0 amide bonds. The van der Waals surface area contributed by atoms with Gasteiger partial charge in [0.25, 0.3) is 0 Å². The molecule has 0 aliphatic heterocycles. The summed E-state index contributed by atoms with van der Waals surface area (Å²) in [5.41, 5.74) is 0.307. The van der Waals surface area contributed by atoms with Gasteiger partial charge >= 0.3 is 5.97 Å². The number of carboxylic acids is 1. The molecule has 0 fully saturated rings. The molecule has 0 saturated heterocycles. The summed E-state index contributed by atoms with van der Waals surface area (Å²) in [4.78, 5) is 15.0. The number of hydrogen-bond donors (Lipinski definition) is 2. The number of thiol groups is 1. The predicted octanol–water partition coefficient (Wildman–Crippen LogP) is 2.94. The monoisotopic (exact) mass is 255 g/mol. The van der Waals surface area contributed by atoms with Crippen LogP contribution in [0.2, 0.25) is 0 Å². The fraction of sp³-hybridized carbons (Fsp3) is 0. The molecule has 0 spiro atoms. The number of hydrogen-bond acceptors (Lipinski definition) is 4. The Balaban J connectivity index is 2.60. The van der Waals surface area contributed by atoms with Crippen molar-refractivity contribution in [3.63, 3.8) is 0 Å². The van der Waals surface area contributed by atoms with Gasteiger partial charge in [-0.05, 0) is 18.2 Å². The van der Waals surface area contributed by atoms with Crippen LogP contribution in [-0.4, -0.2) is 16.1 Å². The smallest absolute Gasteiger partial charge is 0.336 e. The summed E-state index contributed by atoms with van der Waals surface area (Å²) in [5, 5.41) is 11.7. The van der Waals surface area contributed by atoms with Crippen LogP contribution >= 0.6 is 24.0 Å². The minimum atomic E-state index is -1.18. The first-order chi connectivity index (χ1) is 7.58. The van der Waals surface area contributed by atoms with Crippen molar-refractivity contribution in [2.75, 3.05) is 0 Å². The Labute approximate surface area is 100.0 Å². The van der Waals surface area contributed by atoms with E-state index in [4.69, 9.17) is 5.11 Å². The highest BCUT2D eigenvalue weighted by molar-refractivity contribution is 7.80. The van der Waals surface area contributed by atoms with Crippen LogP contribution in [0.4, 0.5) is 4.39 Å². The van der Waals surface area contributed by atoms with E-state index in [1.807, 2.05) is 0 Å². The van der Waals surface area contributed by atoms with Gasteiger partial charge in [-0.25, -0.2) is 14.2 Å². The van der Waals surface area contributed by atoms with Gasteiger partial charge in [0.15, 0.2) is 0 Å². The second-order valence-electron chi connectivity index (χ2n) is 3.01. The summed E-state index contributed by atoms with van der Waals surface area (Å²) in [7, 11) is 0. The molecule has 0 atom stereocenters. The lowest BCUT2D eigenvalue weighted by Gasteiger charge is -2.02. The third kappa shape index (κ3) is 2.07. The number of thiazole rings is 1. The standard InChI is InChI=1S/C10H6FNO2S2/c11-5-1-2-6(7(3-5)10(13)14)9-12-8(15)4-16-9/h1-4,15H,(H,13,14). The van der Waals surface area contributed by atoms with Gasteiger partial charge in [-0.3, -0.25) is 0 Å². The number of carbonyl (C=O) groups is 1. The molecular formula is C10H6FNO2S2. The quantitative estimate of drug-likeness (QED) is 0.811. The Kier molecular flexibility index (Phi) is 2.93. The molecule has 2 rings (SSSR count). The summed E-state index contributed by atoms with van der Waals surface area (Å²) in [5.74, 6) is -1.76. The van der Waals surface area contributed by atoms with Gasteiger partial charge in [0, 0.05) is 10.9 Å². The van der Waals surface area contributed by atoms with Crippen molar-refractivity contribution in [3.8, 4) is 10.6 Å². The van der Waals surface area contributed by atoms with E-state index in [1.54, 1.807) is 5.38 Å². The van der Waals surface area contributed by atoms with E-state index in [0.717, 1.165) is 6.07 Å². The summed E-state index contributed by atoms with van der Waals surface area (Å²) in [6.45, 7) is 0. The first-order valence-corrected chi connectivity index (χ1v) is 5.58. The second-order valence-corrected chi connectivity index (χ2v) is 4.32. The highest BCUT2D eigenvalue weighted by atomic mass is 32.1. The van der Waals surface area contributed by atoms with Crippen LogP contribution in [0, 0.1) is 5.82 Å². The van der Waals surface area contributed by atoms with Crippen molar-refractivity contribution in [1.82, 2.24) is 4.98 Å². The highest BCUT2D eigenvalue weighted by Crippen LogP contribution is 2.28. The Morgan fingerprint density at radius 1 is 1.50 bits per heavy atom. The molecule has 0 aliphatic carbocycles. The van der Waals surface area contributed by atoms with Gasteiger partial charge in [0.05, 0.1) is 5.56 Å². The maximum absolute atomic E-state index is 12.9. The van der Waals surface area contributed by atoms with E-state index in [9.17, 15) is 9.18 Å². The van der Waals surface area contributed by atoms with Gasteiger partial charge < -0.3 is 5.11 Å². The third-order valence-electron chi connectivity index (χ3n) is 1.93. The summed E-state index contributed by atoms with van der Waals surface area (Å²) in [6.07, 6.45) is 0. The first kappa shape index (κ1) is 11.1. The Morgan fingerprint density at radius 2 is 2.25 bits per heavy atom. The molecule has 0 aliphatic rings. The number of halogens is 1. The molecule has 3 nitrogen and oxygen atoms in total. The van der Waals surface area contributed by atoms with Crippen LogP contribution in [0.3, 0.4) is 0 Å². The van der Waals surface area contributed by atoms with E-state index in [-0.39, 0.29) is 5.56 Å². The van der Waals surface area contributed by atoms with Crippen molar-refractivity contribution in [3.05, 3.63) is 35.0 Å². The van der Waals surface area contributed by atoms with Crippen molar-refractivity contribution in [2.45, 2.75) is 5.03 Å². The highest BCUT2D eigenvalue weighted by Gasteiger charge is 2.15. The lowest BCUT2D eigenvalue weighted by Crippen LogP contribution is -2.00. The fourth-order valence-corrected chi connectivity index (χ4v) is 2.32. The largest absolute Gasteiger partial charge is 0.478 e. The van der Waals surface area contributed by atoms with Crippen LogP contribution in [0.5, 0.6) is 0 Å². The fourth-order valence-electron chi connectivity index (χ4n) is 1.27. The molecule has 1 heterocycles. The Bertz CT molecular complexity index is 554. The molecule has 0 bridgehead atoms. The first-order valence-electron chi connectivity index (χ1n) is 4.25. The minimum absolute atomic E-state index is 0.0947. The zero-order valence-corrected chi connectivity index (χ0v) is 9.56. The molecule has 82 valence electrons. The van der Waals surface area contributed by atoms with Crippen LogP contribution in [0.1, 0.15) is 10.4 Å². The normalized spacial score (nSPS) is 10.4. The molecule has 1 N–H and O–H groups in total. The Morgan fingerprint density at radius 3 is 2.81 bits per heavy atom. The van der Waals surface area contributed by atoms with E-state index < -0.39 is 11.8 Å². The molecule has 16 heavy (non-hydrogen) atoms. The topological polar surface area (TPSA) is 50.2 Å². The molecule has 0 saturated carbocycles. The summed E-state index contributed by atoms with van der Waals surface area (Å²) in [6, 6.07) is 3.60. The number of rotatable bonds is 2. The van der Waals surface area contributed by atoms with E-state index in [0.29, 0.717) is 15.6 Å². The molecule has 0 radical (unpaired) electrons. The predicted molar refractivity (Wildman–Crippen MR) is 61.7 cm³/mol. The molecule has 0 unspecified atom stereocenters. The van der Waals surface area contributed by atoms with E-state index >= 15 is 0 Å². The van der Waals surface area contributed by atoms with Crippen molar-refractivity contribution in [1.29, 1.82) is 0 Å². The second kappa shape index (κ2) is 4.23. The zero-order valence-electron chi connectivity index (χ0n) is 7.85. The van der Waals surface area contributed by atoms with Crippen molar-refractivity contribution < 1.29 is 14.3 Å². The SMILES string of the molecule is O=C(O)c1cc(F)ccc1-c1nc(S)cs1. The number of nitrogens with zero attached hydrogens (tertiary/aromatic N) is 1. The van der Waals surface area contributed by atoms with Gasteiger partial charge in [-0.1, -0.05) is 0 Å². The van der Waals surface area contributed by atoms with Crippen molar-refractivity contribution in [2.24, 2.45) is 0 Å². The minimum Gasteiger partial charge on any atom is -0.478 e. The van der Waals surface area contributed by atoms with Gasteiger partial charge in [-0.15, -0.1) is 24.0 Å². The molecule has 1 aromatic heterocycles. The molecule has 2 aromatic rings. The van der Waals surface area contributed by atoms with Crippen LogP contribution < -0.4 is 0 Å². The number of aromatic carboxylic acids is 1. The maximum Gasteiger partial charge on any atom is 0.336 e. The Hall–Kier alpha value is -1.40. The zero-order chi connectivity index (χ0) is 11.7. The average Bonchev–Trinajstić information content (AvgIpc) is 2.64. The van der Waals surface area contributed by atoms with E-state index in [1.165, 1.54) is 23.5 Å².